The largest absolute Gasteiger partial charge is 0.396 e. The Morgan fingerprint density at radius 1 is 1.33 bits per heavy atom. The summed E-state index contributed by atoms with van der Waals surface area (Å²) < 4.78 is 0. The van der Waals surface area contributed by atoms with E-state index in [0.29, 0.717) is 24.8 Å². The molecule has 0 saturated carbocycles. The van der Waals surface area contributed by atoms with Crippen LogP contribution in [0.1, 0.15) is 34.6 Å². The van der Waals surface area contributed by atoms with Crippen molar-refractivity contribution < 1.29 is 9.90 Å². The molecule has 128 valence electrons. The number of piperidine rings is 1. The molecule has 2 aromatic rings. The highest BCUT2D eigenvalue weighted by atomic mass is 16.3. The number of benzene rings is 1. The highest BCUT2D eigenvalue weighted by Gasteiger charge is 2.18. The molecule has 3 rings (SSSR count). The molecule has 1 fully saturated rings. The number of H-pyrrole nitrogens is 1. The third-order valence-electron chi connectivity index (χ3n) is 4.57. The molecule has 1 aromatic heterocycles. The van der Waals surface area contributed by atoms with E-state index in [-0.39, 0.29) is 5.91 Å². The van der Waals surface area contributed by atoms with Gasteiger partial charge in [-0.3, -0.25) is 9.89 Å². The van der Waals surface area contributed by atoms with Crippen LogP contribution in [-0.4, -0.2) is 40.9 Å². The van der Waals surface area contributed by atoms with Gasteiger partial charge in [-0.05, 0) is 49.4 Å². The monoisotopic (exact) mass is 328 g/mol. The fourth-order valence-corrected chi connectivity index (χ4v) is 3.01. The van der Waals surface area contributed by atoms with Crippen LogP contribution in [0.5, 0.6) is 0 Å². The smallest absolute Gasteiger partial charge is 0.272 e. The van der Waals surface area contributed by atoms with Crippen molar-refractivity contribution in [3.8, 4) is 0 Å². The van der Waals surface area contributed by atoms with Crippen LogP contribution in [0.3, 0.4) is 0 Å². The Bertz CT molecular complexity index is 673. The van der Waals surface area contributed by atoms with Crippen LogP contribution in [0.2, 0.25) is 0 Å². The predicted octanol–water partition coefficient (Wildman–Crippen LogP) is 1.86. The van der Waals surface area contributed by atoms with E-state index in [1.54, 1.807) is 6.07 Å². The zero-order valence-electron chi connectivity index (χ0n) is 14.0. The Labute approximate surface area is 141 Å². The van der Waals surface area contributed by atoms with E-state index in [1.165, 1.54) is 5.69 Å². The molecule has 24 heavy (non-hydrogen) atoms. The summed E-state index contributed by atoms with van der Waals surface area (Å²) >= 11 is 0. The number of aromatic amines is 1. The van der Waals surface area contributed by atoms with Gasteiger partial charge < -0.3 is 15.3 Å². The molecule has 6 heteroatoms. The number of carbonyl (C=O) groups is 1. The number of rotatable bonds is 5. The first-order chi connectivity index (χ1) is 11.7. The number of hydrogen-bond donors (Lipinski definition) is 3. The molecule has 0 unspecified atom stereocenters. The van der Waals surface area contributed by atoms with E-state index in [0.717, 1.165) is 37.2 Å². The number of anilines is 1. The van der Waals surface area contributed by atoms with Crippen LogP contribution in [0, 0.1) is 12.8 Å². The molecule has 1 aromatic carbocycles. The second-order valence-electron chi connectivity index (χ2n) is 6.40. The molecular formula is C18H24N4O2. The molecule has 0 aliphatic carbocycles. The Morgan fingerprint density at radius 2 is 2.04 bits per heavy atom. The van der Waals surface area contributed by atoms with Crippen LogP contribution in [-0.2, 0) is 6.54 Å². The summed E-state index contributed by atoms with van der Waals surface area (Å²) in [6, 6.07) is 10.0. The van der Waals surface area contributed by atoms with Crippen LogP contribution >= 0.6 is 0 Å². The summed E-state index contributed by atoms with van der Waals surface area (Å²) in [7, 11) is 0. The molecule has 1 amide bonds. The second-order valence-corrected chi connectivity index (χ2v) is 6.40. The van der Waals surface area contributed by atoms with Crippen molar-refractivity contribution in [3.05, 3.63) is 47.3 Å². The minimum Gasteiger partial charge on any atom is -0.396 e. The van der Waals surface area contributed by atoms with Crippen molar-refractivity contribution in [3.63, 3.8) is 0 Å². The average molecular weight is 328 g/mol. The van der Waals surface area contributed by atoms with E-state index in [2.05, 4.69) is 32.5 Å². The fourth-order valence-electron chi connectivity index (χ4n) is 3.01. The summed E-state index contributed by atoms with van der Waals surface area (Å²) in [5.74, 6) is 0.274. The van der Waals surface area contributed by atoms with Gasteiger partial charge in [-0.25, -0.2) is 0 Å². The van der Waals surface area contributed by atoms with E-state index in [9.17, 15) is 9.90 Å². The number of nitrogens with zero attached hydrogens (tertiary/aromatic N) is 2. The molecule has 0 spiro atoms. The Morgan fingerprint density at radius 3 is 2.62 bits per heavy atom. The minimum absolute atomic E-state index is 0.172. The number of hydrogen-bond acceptors (Lipinski definition) is 4. The molecule has 0 radical (unpaired) electrons. The quantitative estimate of drug-likeness (QED) is 0.782. The van der Waals surface area contributed by atoms with Gasteiger partial charge in [0.15, 0.2) is 0 Å². The zero-order chi connectivity index (χ0) is 16.9. The molecule has 3 N–H and O–H groups in total. The number of aliphatic hydroxyl groups is 1. The average Bonchev–Trinajstić information content (AvgIpc) is 3.07. The maximum Gasteiger partial charge on any atom is 0.272 e. The molecule has 1 saturated heterocycles. The molecule has 1 aliphatic rings. The minimum atomic E-state index is -0.172. The van der Waals surface area contributed by atoms with Crippen LogP contribution in [0.15, 0.2) is 30.3 Å². The van der Waals surface area contributed by atoms with Crippen molar-refractivity contribution in [1.29, 1.82) is 0 Å². The predicted molar refractivity (Wildman–Crippen MR) is 93.0 cm³/mol. The lowest BCUT2D eigenvalue weighted by Crippen LogP contribution is -2.34. The van der Waals surface area contributed by atoms with Gasteiger partial charge in [-0.1, -0.05) is 12.1 Å². The van der Waals surface area contributed by atoms with Crippen molar-refractivity contribution in [2.45, 2.75) is 26.3 Å². The number of aliphatic hydroxyl groups excluding tert-OH is 1. The third-order valence-corrected chi connectivity index (χ3v) is 4.57. The summed E-state index contributed by atoms with van der Waals surface area (Å²) in [6.07, 6.45) is 2.08. The lowest BCUT2D eigenvalue weighted by atomic mass is 9.97. The van der Waals surface area contributed by atoms with Crippen LogP contribution < -0.4 is 10.2 Å². The van der Waals surface area contributed by atoms with Gasteiger partial charge in [0, 0.05) is 37.6 Å². The summed E-state index contributed by atoms with van der Waals surface area (Å²) in [5, 5.41) is 18.8. The van der Waals surface area contributed by atoms with Crippen LogP contribution in [0.4, 0.5) is 5.69 Å². The molecule has 0 atom stereocenters. The van der Waals surface area contributed by atoms with Crippen molar-refractivity contribution in [2.24, 2.45) is 5.92 Å². The van der Waals surface area contributed by atoms with Gasteiger partial charge in [-0.15, -0.1) is 0 Å². The highest BCUT2D eigenvalue weighted by Crippen LogP contribution is 2.23. The summed E-state index contributed by atoms with van der Waals surface area (Å²) in [6.45, 7) is 4.62. The Balaban J connectivity index is 1.52. The first-order valence-electron chi connectivity index (χ1n) is 8.40. The summed E-state index contributed by atoms with van der Waals surface area (Å²) in [4.78, 5) is 14.3. The fraction of sp³-hybridized carbons (Fsp3) is 0.444. The highest BCUT2D eigenvalue weighted by molar-refractivity contribution is 5.92. The van der Waals surface area contributed by atoms with E-state index < -0.39 is 0 Å². The second kappa shape index (κ2) is 7.49. The molecule has 2 heterocycles. The van der Waals surface area contributed by atoms with E-state index in [1.807, 2.05) is 19.1 Å². The zero-order valence-corrected chi connectivity index (χ0v) is 14.0. The van der Waals surface area contributed by atoms with Crippen LogP contribution in [0.25, 0.3) is 0 Å². The Hall–Kier alpha value is -2.34. The first kappa shape index (κ1) is 16.5. The standard InChI is InChI=1S/C18H24N4O2/c1-13-10-17(21-20-13)18(24)19-11-14-2-4-16(5-3-14)22-8-6-15(12-23)7-9-22/h2-5,10,15,23H,6-9,11-12H2,1H3,(H,19,24)(H,20,21). The maximum absolute atomic E-state index is 12.0. The van der Waals surface area contributed by atoms with E-state index >= 15 is 0 Å². The molecule has 1 aliphatic heterocycles. The van der Waals surface area contributed by atoms with Gasteiger partial charge >= 0.3 is 0 Å². The Kier molecular flexibility index (Phi) is 5.15. The third kappa shape index (κ3) is 3.94. The van der Waals surface area contributed by atoms with Gasteiger partial charge in [0.05, 0.1) is 0 Å². The van der Waals surface area contributed by atoms with Crippen molar-refractivity contribution in [1.82, 2.24) is 15.5 Å². The SMILES string of the molecule is Cc1cc(C(=O)NCc2ccc(N3CCC(CO)CC3)cc2)n[nH]1. The number of aromatic nitrogens is 2. The first-order valence-corrected chi connectivity index (χ1v) is 8.40. The molecule has 0 bridgehead atoms. The number of amides is 1. The normalized spacial score (nSPS) is 15.5. The summed E-state index contributed by atoms with van der Waals surface area (Å²) in [5.41, 5.74) is 3.54. The topological polar surface area (TPSA) is 81.2 Å². The number of carbonyl (C=O) groups excluding carboxylic acids is 1. The van der Waals surface area contributed by atoms with Crippen molar-refractivity contribution >= 4 is 11.6 Å². The molecule has 6 nitrogen and oxygen atoms in total. The maximum atomic E-state index is 12.0. The van der Waals surface area contributed by atoms with Gasteiger partial charge in [0.1, 0.15) is 5.69 Å². The molecular weight excluding hydrogens is 304 g/mol. The lowest BCUT2D eigenvalue weighted by molar-refractivity contribution is 0.0946. The van der Waals surface area contributed by atoms with Gasteiger partial charge in [-0.2, -0.15) is 5.10 Å². The van der Waals surface area contributed by atoms with E-state index in [4.69, 9.17) is 0 Å². The van der Waals surface area contributed by atoms with Crippen molar-refractivity contribution in [2.75, 3.05) is 24.6 Å². The van der Waals surface area contributed by atoms with Gasteiger partial charge in [0.2, 0.25) is 0 Å². The number of nitrogens with one attached hydrogen (secondary N) is 2. The number of aryl methyl sites for hydroxylation is 1. The lowest BCUT2D eigenvalue weighted by Gasteiger charge is -2.33. The van der Waals surface area contributed by atoms with Gasteiger partial charge in [0.25, 0.3) is 5.91 Å².